The third-order valence-electron chi connectivity index (χ3n) is 3.00. The highest BCUT2D eigenvalue weighted by molar-refractivity contribution is 14.0. The standard InChI is InChI=1S/C15H24F3N5OS.HI/c1-3-7-20-12(24)5-8-21-14(19-4-2)22-9-6-13-23-11(10-25-13)15(16,17)18;/h10H,3-9H2,1-2H3,(H,20,24)(H2,19,21,22);1H. The molecule has 0 aromatic carbocycles. The van der Waals surface area contributed by atoms with Gasteiger partial charge in [0.25, 0.3) is 0 Å². The maximum atomic E-state index is 12.5. The van der Waals surface area contributed by atoms with E-state index in [4.69, 9.17) is 0 Å². The summed E-state index contributed by atoms with van der Waals surface area (Å²) >= 11 is 0.977. The molecular formula is C15H25F3IN5OS. The summed E-state index contributed by atoms with van der Waals surface area (Å²) < 4.78 is 37.5. The second-order valence-corrected chi connectivity index (χ2v) is 6.10. The highest BCUT2D eigenvalue weighted by atomic mass is 127. The van der Waals surface area contributed by atoms with E-state index in [1.807, 2.05) is 13.8 Å². The van der Waals surface area contributed by atoms with E-state index in [1.165, 1.54) is 0 Å². The fraction of sp³-hybridized carbons (Fsp3) is 0.667. The minimum absolute atomic E-state index is 0. The normalized spacial score (nSPS) is 11.7. The number of rotatable bonds is 9. The quantitative estimate of drug-likeness (QED) is 0.273. The van der Waals surface area contributed by atoms with Gasteiger partial charge in [-0.05, 0) is 13.3 Å². The van der Waals surface area contributed by atoms with Gasteiger partial charge in [-0.2, -0.15) is 13.2 Å². The van der Waals surface area contributed by atoms with E-state index in [-0.39, 0.29) is 29.9 Å². The summed E-state index contributed by atoms with van der Waals surface area (Å²) in [6.45, 7) is 5.92. The maximum absolute atomic E-state index is 12.5. The Morgan fingerprint density at radius 2 is 1.96 bits per heavy atom. The molecule has 0 saturated heterocycles. The summed E-state index contributed by atoms with van der Waals surface area (Å²) in [6, 6.07) is 0. The van der Waals surface area contributed by atoms with Crippen LogP contribution in [0, 0.1) is 0 Å². The first kappa shape index (κ1) is 24.9. The zero-order valence-electron chi connectivity index (χ0n) is 14.8. The van der Waals surface area contributed by atoms with Crippen molar-refractivity contribution in [2.24, 2.45) is 4.99 Å². The van der Waals surface area contributed by atoms with E-state index in [1.54, 1.807) is 0 Å². The van der Waals surface area contributed by atoms with E-state index < -0.39 is 11.9 Å². The largest absolute Gasteiger partial charge is 0.434 e. The van der Waals surface area contributed by atoms with Crippen LogP contribution in [0.5, 0.6) is 0 Å². The highest BCUT2D eigenvalue weighted by Gasteiger charge is 2.33. The Kier molecular flexibility index (Phi) is 12.6. The molecule has 1 heterocycles. The second kappa shape index (κ2) is 13.1. The van der Waals surface area contributed by atoms with Crippen molar-refractivity contribution in [3.8, 4) is 0 Å². The number of nitrogens with one attached hydrogen (secondary N) is 3. The van der Waals surface area contributed by atoms with Crippen LogP contribution in [0.2, 0.25) is 0 Å². The van der Waals surface area contributed by atoms with Gasteiger partial charge in [0, 0.05) is 44.4 Å². The van der Waals surface area contributed by atoms with Gasteiger partial charge in [0.15, 0.2) is 11.7 Å². The molecule has 6 nitrogen and oxygen atoms in total. The molecule has 0 saturated carbocycles. The number of hydrogen-bond acceptors (Lipinski definition) is 4. The fourth-order valence-electron chi connectivity index (χ4n) is 1.81. The van der Waals surface area contributed by atoms with Gasteiger partial charge in [0.2, 0.25) is 5.91 Å². The number of alkyl halides is 3. The summed E-state index contributed by atoms with van der Waals surface area (Å²) in [5.41, 5.74) is -0.861. The van der Waals surface area contributed by atoms with E-state index in [9.17, 15) is 18.0 Å². The zero-order chi connectivity index (χ0) is 18.7. The van der Waals surface area contributed by atoms with E-state index in [0.717, 1.165) is 23.1 Å². The summed E-state index contributed by atoms with van der Waals surface area (Å²) in [5.74, 6) is 0.492. The Hall–Kier alpha value is -1.11. The molecule has 0 bridgehead atoms. The topological polar surface area (TPSA) is 78.4 Å². The average molecular weight is 507 g/mol. The number of carbonyl (C=O) groups excluding carboxylic acids is 1. The first-order valence-corrected chi connectivity index (χ1v) is 9.05. The number of carbonyl (C=O) groups is 1. The molecule has 0 aliphatic carbocycles. The van der Waals surface area contributed by atoms with Crippen molar-refractivity contribution in [2.45, 2.75) is 39.3 Å². The molecule has 11 heteroatoms. The number of halogens is 4. The Morgan fingerprint density at radius 3 is 2.54 bits per heavy atom. The molecule has 0 spiro atoms. The van der Waals surface area contributed by atoms with Gasteiger partial charge in [-0.3, -0.25) is 9.79 Å². The first-order chi connectivity index (χ1) is 11.9. The van der Waals surface area contributed by atoms with Crippen molar-refractivity contribution in [3.05, 3.63) is 16.1 Å². The van der Waals surface area contributed by atoms with E-state index >= 15 is 0 Å². The van der Waals surface area contributed by atoms with Crippen LogP contribution in [0.25, 0.3) is 0 Å². The Morgan fingerprint density at radius 1 is 1.23 bits per heavy atom. The first-order valence-electron chi connectivity index (χ1n) is 8.17. The number of amides is 1. The predicted molar refractivity (Wildman–Crippen MR) is 108 cm³/mol. The van der Waals surface area contributed by atoms with Crippen LogP contribution < -0.4 is 16.0 Å². The molecule has 1 aromatic heterocycles. The van der Waals surface area contributed by atoms with Crippen molar-refractivity contribution in [2.75, 3.05) is 26.2 Å². The molecule has 1 rings (SSSR count). The summed E-state index contributed by atoms with van der Waals surface area (Å²) in [4.78, 5) is 19.4. The lowest BCUT2D eigenvalue weighted by Gasteiger charge is -2.11. The minimum Gasteiger partial charge on any atom is -0.357 e. The summed E-state index contributed by atoms with van der Waals surface area (Å²) in [6.07, 6.45) is -2.87. The zero-order valence-corrected chi connectivity index (χ0v) is 17.9. The average Bonchev–Trinajstić information content (AvgIpc) is 3.02. The predicted octanol–water partition coefficient (Wildman–Crippen LogP) is 2.79. The molecule has 0 radical (unpaired) electrons. The Balaban J connectivity index is 0.00000625. The van der Waals surface area contributed by atoms with Crippen molar-refractivity contribution in [1.82, 2.24) is 20.9 Å². The Labute approximate surface area is 172 Å². The van der Waals surface area contributed by atoms with Crippen molar-refractivity contribution in [1.29, 1.82) is 0 Å². The molecule has 1 aromatic rings. The number of aliphatic imine (C=N–C) groups is 1. The number of aromatic nitrogens is 1. The van der Waals surface area contributed by atoms with Crippen molar-refractivity contribution < 1.29 is 18.0 Å². The third kappa shape index (κ3) is 10.1. The Bertz CT molecular complexity index is 566. The molecule has 0 fully saturated rings. The van der Waals surface area contributed by atoms with Crippen molar-refractivity contribution >= 4 is 47.2 Å². The van der Waals surface area contributed by atoms with Crippen LogP contribution in [-0.4, -0.2) is 43.0 Å². The molecule has 3 N–H and O–H groups in total. The SMILES string of the molecule is CCCNC(=O)CCNC(=NCCc1nc(C(F)(F)F)cs1)NCC.I. The minimum atomic E-state index is -4.41. The molecule has 150 valence electrons. The molecule has 0 aliphatic heterocycles. The number of hydrogen-bond donors (Lipinski definition) is 3. The van der Waals surface area contributed by atoms with Gasteiger partial charge in [-0.25, -0.2) is 4.98 Å². The van der Waals surface area contributed by atoms with Crippen LogP contribution >= 0.6 is 35.3 Å². The highest BCUT2D eigenvalue weighted by Crippen LogP contribution is 2.30. The van der Waals surface area contributed by atoms with Gasteiger partial charge in [-0.1, -0.05) is 6.92 Å². The van der Waals surface area contributed by atoms with Crippen LogP contribution in [0.3, 0.4) is 0 Å². The van der Waals surface area contributed by atoms with Crippen LogP contribution in [0.1, 0.15) is 37.4 Å². The monoisotopic (exact) mass is 507 g/mol. The van der Waals surface area contributed by atoms with Crippen LogP contribution in [0.4, 0.5) is 13.2 Å². The molecule has 0 unspecified atom stereocenters. The molecule has 0 atom stereocenters. The van der Waals surface area contributed by atoms with E-state index in [0.29, 0.717) is 50.0 Å². The molecular weight excluding hydrogens is 482 g/mol. The fourth-order valence-corrected chi connectivity index (χ4v) is 2.60. The summed E-state index contributed by atoms with van der Waals surface area (Å²) in [7, 11) is 0. The van der Waals surface area contributed by atoms with Gasteiger partial charge < -0.3 is 16.0 Å². The maximum Gasteiger partial charge on any atom is 0.434 e. The number of nitrogens with zero attached hydrogens (tertiary/aromatic N) is 2. The van der Waals surface area contributed by atoms with Crippen molar-refractivity contribution in [3.63, 3.8) is 0 Å². The lowest BCUT2D eigenvalue weighted by atomic mass is 10.4. The lowest BCUT2D eigenvalue weighted by Crippen LogP contribution is -2.39. The lowest BCUT2D eigenvalue weighted by molar-refractivity contribution is -0.140. The smallest absolute Gasteiger partial charge is 0.357 e. The third-order valence-corrected chi connectivity index (χ3v) is 3.91. The van der Waals surface area contributed by atoms with Crippen LogP contribution in [-0.2, 0) is 17.4 Å². The van der Waals surface area contributed by atoms with Crippen LogP contribution in [0.15, 0.2) is 10.4 Å². The van der Waals surface area contributed by atoms with E-state index in [2.05, 4.69) is 25.9 Å². The van der Waals surface area contributed by atoms with Gasteiger partial charge in [0.05, 0.1) is 5.01 Å². The van der Waals surface area contributed by atoms with Gasteiger partial charge in [-0.15, -0.1) is 35.3 Å². The summed E-state index contributed by atoms with van der Waals surface area (Å²) in [5, 5.41) is 10.2. The molecule has 0 aliphatic rings. The number of thiazole rings is 1. The molecule has 1 amide bonds. The molecule has 26 heavy (non-hydrogen) atoms. The number of guanidine groups is 1. The van der Waals surface area contributed by atoms with Gasteiger partial charge in [0.1, 0.15) is 0 Å². The van der Waals surface area contributed by atoms with Gasteiger partial charge >= 0.3 is 6.18 Å². The second-order valence-electron chi connectivity index (χ2n) is 5.16.